The van der Waals surface area contributed by atoms with E-state index < -0.39 is 5.60 Å². The van der Waals surface area contributed by atoms with Crippen LogP contribution in [0, 0.1) is 5.92 Å². The highest BCUT2D eigenvalue weighted by atomic mass is 32.1. The average molecular weight is 308 g/mol. The molecule has 1 heterocycles. The molecule has 2 amide bonds. The number of rotatable bonds is 5. The van der Waals surface area contributed by atoms with Crippen molar-refractivity contribution in [3.8, 4) is 0 Å². The van der Waals surface area contributed by atoms with E-state index in [2.05, 4.69) is 10.6 Å². The van der Waals surface area contributed by atoms with Crippen molar-refractivity contribution in [2.24, 2.45) is 5.92 Å². The van der Waals surface area contributed by atoms with Crippen molar-refractivity contribution in [1.29, 1.82) is 0 Å². The topological polar surface area (TPSA) is 78.4 Å². The van der Waals surface area contributed by atoms with Crippen LogP contribution in [0.5, 0.6) is 0 Å². The Labute approximate surface area is 127 Å². The molecule has 5 nitrogen and oxygen atoms in total. The molecular weight excluding hydrogens is 288 g/mol. The van der Waals surface area contributed by atoms with Crippen LogP contribution in [-0.2, 0) is 4.79 Å². The molecule has 1 aromatic heterocycles. The van der Waals surface area contributed by atoms with Crippen LogP contribution in [0.2, 0.25) is 0 Å². The molecule has 0 aromatic carbocycles. The van der Waals surface area contributed by atoms with Crippen LogP contribution in [0.25, 0.3) is 0 Å². The van der Waals surface area contributed by atoms with Crippen molar-refractivity contribution in [2.75, 3.05) is 11.9 Å². The smallest absolute Gasteiger partial charge is 0.261 e. The number of thiophene rings is 1. The number of carbonyl (C=O) groups excluding carboxylic acids is 2. The van der Waals surface area contributed by atoms with E-state index in [4.69, 9.17) is 0 Å². The largest absolute Gasteiger partial charge is 0.388 e. The van der Waals surface area contributed by atoms with Gasteiger partial charge in [-0.15, -0.1) is 11.3 Å². The van der Waals surface area contributed by atoms with Crippen molar-refractivity contribution in [3.05, 3.63) is 17.0 Å². The Morgan fingerprint density at radius 1 is 1.29 bits per heavy atom. The zero-order chi connectivity index (χ0) is 14.9. The number of hydrogen-bond acceptors (Lipinski definition) is 4. The van der Waals surface area contributed by atoms with Gasteiger partial charge in [-0.25, -0.2) is 0 Å². The van der Waals surface area contributed by atoms with Crippen molar-refractivity contribution >= 4 is 28.2 Å². The fourth-order valence-corrected chi connectivity index (χ4v) is 3.46. The summed E-state index contributed by atoms with van der Waals surface area (Å²) in [5, 5.41) is 16.5. The lowest BCUT2D eigenvalue weighted by Gasteiger charge is -2.21. The van der Waals surface area contributed by atoms with Crippen molar-refractivity contribution in [3.63, 3.8) is 0 Å². The summed E-state index contributed by atoms with van der Waals surface area (Å²) in [6.45, 7) is 0.299. The molecule has 1 aromatic rings. The number of nitrogens with one attached hydrogen (secondary N) is 2. The summed E-state index contributed by atoms with van der Waals surface area (Å²) < 4.78 is 0. The Balaban J connectivity index is 1.52. The van der Waals surface area contributed by atoms with E-state index in [9.17, 15) is 14.7 Å². The minimum absolute atomic E-state index is 0.0454. The SMILES string of the molecule is O=C(NCC1(O)CCCC1)c1ccc(NC(=O)C2CC2)s1. The molecule has 6 heteroatoms. The number of anilines is 1. The predicted molar refractivity (Wildman–Crippen MR) is 81.4 cm³/mol. The molecule has 0 atom stereocenters. The van der Waals surface area contributed by atoms with Crippen LogP contribution < -0.4 is 10.6 Å². The van der Waals surface area contributed by atoms with Gasteiger partial charge in [-0.2, -0.15) is 0 Å². The Kier molecular flexibility index (Phi) is 3.99. The van der Waals surface area contributed by atoms with E-state index in [1.165, 1.54) is 11.3 Å². The van der Waals surface area contributed by atoms with Gasteiger partial charge in [-0.05, 0) is 37.8 Å². The standard InChI is InChI=1S/C15H20N2O3S/c18-13(10-3-4-10)17-12-6-5-11(21-12)14(19)16-9-15(20)7-1-2-8-15/h5-6,10,20H,1-4,7-9H2,(H,16,19)(H,17,18). The Bertz CT molecular complexity index is 545. The van der Waals surface area contributed by atoms with Crippen molar-refractivity contribution in [2.45, 2.75) is 44.1 Å². The van der Waals surface area contributed by atoms with Gasteiger partial charge in [0.2, 0.25) is 5.91 Å². The molecular formula is C15H20N2O3S. The lowest BCUT2D eigenvalue weighted by molar-refractivity contribution is -0.117. The minimum atomic E-state index is -0.740. The zero-order valence-corrected chi connectivity index (χ0v) is 12.7. The van der Waals surface area contributed by atoms with Gasteiger partial charge in [0.25, 0.3) is 5.91 Å². The number of aliphatic hydroxyl groups is 1. The van der Waals surface area contributed by atoms with E-state index in [1.54, 1.807) is 12.1 Å². The summed E-state index contributed by atoms with van der Waals surface area (Å²) in [5.74, 6) is 0.0114. The van der Waals surface area contributed by atoms with Gasteiger partial charge in [-0.3, -0.25) is 9.59 Å². The Hall–Kier alpha value is -1.40. The van der Waals surface area contributed by atoms with Gasteiger partial charge in [0.15, 0.2) is 0 Å². The molecule has 0 unspecified atom stereocenters. The molecule has 2 saturated carbocycles. The Morgan fingerprint density at radius 3 is 2.67 bits per heavy atom. The molecule has 21 heavy (non-hydrogen) atoms. The molecule has 2 fully saturated rings. The Morgan fingerprint density at radius 2 is 2.00 bits per heavy atom. The van der Waals surface area contributed by atoms with Crippen molar-refractivity contribution < 1.29 is 14.7 Å². The maximum atomic E-state index is 12.1. The van der Waals surface area contributed by atoms with Crippen LogP contribution >= 0.6 is 11.3 Å². The highest BCUT2D eigenvalue weighted by Gasteiger charge is 2.32. The number of carbonyl (C=O) groups is 2. The maximum Gasteiger partial charge on any atom is 0.261 e. The van der Waals surface area contributed by atoms with Crippen LogP contribution in [0.4, 0.5) is 5.00 Å². The van der Waals surface area contributed by atoms with Gasteiger partial charge in [-0.1, -0.05) is 12.8 Å². The van der Waals surface area contributed by atoms with E-state index in [1.807, 2.05) is 0 Å². The van der Waals surface area contributed by atoms with Crippen LogP contribution in [0.3, 0.4) is 0 Å². The van der Waals surface area contributed by atoms with Gasteiger partial charge < -0.3 is 15.7 Å². The number of amides is 2. The summed E-state index contributed by atoms with van der Waals surface area (Å²) in [6, 6.07) is 3.46. The summed E-state index contributed by atoms with van der Waals surface area (Å²) in [6.07, 6.45) is 5.46. The third-order valence-electron chi connectivity index (χ3n) is 4.14. The lowest BCUT2D eigenvalue weighted by atomic mass is 10.0. The second-order valence-electron chi connectivity index (χ2n) is 6.04. The maximum absolute atomic E-state index is 12.1. The third-order valence-corrected chi connectivity index (χ3v) is 5.14. The first kappa shape index (κ1) is 14.5. The molecule has 114 valence electrons. The molecule has 3 rings (SSSR count). The van der Waals surface area contributed by atoms with E-state index in [0.29, 0.717) is 16.4 Å². The second kappa shape index (κ2) is 5.77. The molecule has 2 aliphatic rings. The van der Waals surface area contributed by atoms with Crippen LogP contribution in [0.1, 0.15) is 48.2 Å². The summed E-state index contributed by atoms with van der Waals surface area (Å²) in [7, 11) is 0. The van der Waals surface area contributed by atoms with Crippen LogP contribution in [-0.4, -0.2) is 29.1 Å². The molecule has 0 spiro atoms. The summed E-state index contributed by atoms with van der Waals surface area (Å²) in [5.41, 5.74) is -0.740. The molecule has 0 radical (unpaired) electrons. The van der Waals surface area contributed by atoms with E-state index in [0.717, 1.165) is 38.5 Å². The average Bonchev–Trinajstić information content (AvgIpc) is 3.08. The normalized spacial score (nSPS) is 20.2. The fourth-order valence-electron chi connectivity index (χ4n) is 2.64. The van der Waals surface area contributed by atoms with Gasteiger partial charge >= 0.3 is 0 Å². The predicted octanol–water partition coefficient (Wildman–Crippen LogP) is 2.13. The summed E-state index contributed by atoms with van der Waals surface area (Å²) in [4.78, 5) is 24.3. The van der Waals surface area contributed by atoms with Gasteiger partial charge in [0.1, 0.15) is 0 Å². The second-order valence-corrected chi connectivity index (χ2v) is 7.13. The number of hydrogen-bond donors (Lipinski definition) is 3. The quantitative estimate of drug-likeness (QED) is 0.780. The molecule has 0 saturated heterocycles. The van der Waals surface area contributed by atoms with Crippen molar-refractivity contribution in [1.82, 2.24) is 5.32 Å². The highest BCUT2D eigenvalue weighted by Crippen LogP contribution is 2.32. The van der Waals surface area contributed by atoms with E-state index >= 15 is 0 Å². The molecule has 0 aliphatic heterocycles. The highest BCUT2D eigenvalue weighted by molar-refractivity contribution is 7.18. The van der Waals surface area contributed by atoms with Gasteiger partial charge in [0, 0.05) is 12.5 Å². The van der Waals surface area contributed by atoms with Gasteiger partial charge in [0.05, 0.1) is 15.5 Å². The minimum Gasteiger partial charge on any atom is -0.388 e. The molecule has 3 N–H and O–H groups in total. The summed E-state index contributed by atoms with van der Waals surface area (Å²) >= 11 is 1.27. The lowest BCUT2D eigenvalue weighted by Crippen LogP contribution is -2.40. The fraction of sp³-hybridized carbons (Fsp3) is 0.600. The first-order valence-corrected chi connectivity index (χ1v) is 8.29. The monoisotopic (exact) mass is 308 g/mol. The zero-order valence-electron chi connectivity index (χ0n) is 11.9. The molecule has 0 bridgehead atoms. The molecule has 2 aliphatic carbocycles. The first-order valence-electron chi connectivity index (χ1n) is 7.47. The van der Waals surface area contributed by atoms with Crippen LogP contribution in [0.15, 0.2) is 12.1 Å². The van der Waals surface area contributed by atoms with E-state index in [-0.39, 0.29) is 17.7 Å². The first-order chi connectivity index (χ1) is 10.1. The third kappa shape index (κ3) is 3.63.